The van der Waals surface area contributed by atoms with Gasteiger partial charge in [0.05, 0.1) is 18.8 Å². The maximum absolute atomic E-state index is 12.2. The van der Waals surface area contributed by atoms with Gasteiger partial charge in [-0.25, -0.2) is 9.59 Å². The second-order valence-electron chi connectivity index (χ2n) is 7.69. The SMILES string of the molecule is CC(C)(O)COCC(NC(=O)OCC1c2ccccc2-c2ccccc21)C(=O)O. The number of carboxylic acid groups (broad SMARTS) is 1. The van der Waals surface area contributed by atoms with Gasteiger partial charge in [-0.3, -0.25) is 0 Å². The number of aliphatic carboxylic acids is 1. The molecule has 3 N–H and O–H groups in total. The van der Waals surface area contributed by atoms with E-state index in [-0.39, 0.29) is 25.7 Å². The lowest BCUT2D eigenvalue weighted by atomic mass is 9.98. The van der Waals surface area contributed by atoms with Gasteiger partial charge in [0.25, 0.3) is 0 Å². The Morgan fingerprint density at radius 2 is 1.62 bits per heavy atom. The second kappa shape index (κ2) is 8.63. The van der Waals surface area contributed by atoms with Gasteiger partial charge in [-0.05, 0) is 36.1 Å². The van der Waals surface area contributed by atoms with Crippen LogP contribution in [0.5, 0.6) is 0 Å². The minimum Gasteiger partial charge on any atom is -0.480 e. The number of aliphatic hydroxyl groups is 1. The third-order valence-corrected chi connectivity index (χ3v) is 4.67. The van der Waals surface area contributed by atoms with E-state index >= 15 is 0 Å². The molecule has 2 aromatic carbocycles. The van der Waals surface area contributed by atoms with Crippen LogP contribution in [-0.4, -0.2) is 53.7 Å². The first-order chi connectivity index (χ1) is 13.8. The Morgan fingerprint density at radius 3 is 2.14 bits per heavy atom. The highest BCUT2D eigenvalue weighted by atomic mass is 16.6. The predicted molar refractivity (Wildman–Crippen MR) is 107 cm³/mol. The second-order valence-corrected chi connectivity index (χ2v) is 7.69. The summed E-state index contributed by atoms with van der Waals surface area (Å²) in [6.45, 7) is 2.85. The Bertz CT molecular complexity index is 843. The van der Waals surface area contributed by atoms with Crippen LogP contribution in [-0.2, 0) is 14.3 Å². The molecule has 1 amide bonds. The number of ether oxygens (including phenoxy) is 2. The van der Waals surface area contributed by atoms with Crippen molar-refractivity contribution in [1.82, 2.24) is 5.32 Å². The van der Waals surface area contributed by atoms with Crippen LogP contribution in [0.1, 0.15) is 30.9 Å². The van der Waals surface area contributed by atoms with E-state index in [4.69, 9.17) is 9.47 Å². The fourth-order valence-corrected chi connectivity index (χ4v) is 3.38. The average Bonchev–Trinajstić information content (AvgIpc) is 2.98. The normalized spacial score (nSPS) is 14.0. The molecule has 0 heterocycles. The van der Waals surface area contributed by atoms with Crippen molar-refractivity contribution in [2.75, 3.05) is 19.8 Å². The zero-order valence-electron chi connectivity index (χ0n) is 16.4. The zero-order valence-corrected chi connectivity index (χ0v) is 16.4. The summed E-state index contributed by atoms with van der Waals surface area (Å²) in [4.78, 5) is 23.6. The van der Waals surface area contributed by atoms with Crippen LogP contribution in [0.2, 0.25) is 0 Å². The van der Waals surface area contributed by atoms with Gasteiger partial charge in [0, 0.05) is 5.92 Å². The summed E-state index contributed by atoms with van der Waals surface area (Å²) in [6, 6.07) is 14.6. The lowest BCUT2D eigenvalue weighted by molar-refractivity contribution is -0.141. The van der Waals surface area contributed by atoms with Crippen molar-refractivity contribution in [1.29, 1.82) is 0 Å². The van der Waals surface area contributed by atoms with Crippen LogP contribution in [0, 0.1) is 0 Å². The monoisotopic (exact) mass is 399 g/mol. The van der Waals surface area contributed by atoms with E-state index in [1.807, 2.05) is 48.5 Å². The van der Waals surface area contributed by atoms with Crippen LogP contribution < -0.4 is 5.32 Å². The summed E-state index contributed by atoms with van der Waals surface area (Å²) < 4.78 is 10.5. The van der Waals surface area contributed by atoms with Crippen LogP contribution >= 0.6 is 0 Å². The van der Waals surface area contributed by atoms with Crippen LogP contribution in [0.15, 0.2) is 48.5 Å². The van der Waals surface area contributed by atoms with Crippen molar-refractivity contribution < 1.29 is 29.3 Å². The van der Waals surface area contributed by atoms with E-state index < -0.39 is 23.7 Å². The quantitative estimate of drug-likeness (QED) is 0.630. The van der Waals surface area contributed by atoms with Crippen molar-refractivity contribution in [2.24, 2.45) is 0 Å². The lowest BCUT2D eigenvalue weighted by Crippen LogP contribution is -2.45. The molecule has 1 aliphatic carbocycles. The number of carboxylic acids is 1. The molecular weight excluding hydrogens is 374 g/mol. The van der Waals surface area contributed by atoms with Crippen LogP contribution in [0.25, 0.3) is 11.1 Å². The highest BCUT2D eigenvalue weighted by molar-refractivity contribution is 5.81. The molecule has 3 rings (SSSR count). The van der Waals surface area contributed by atoms with Crippen molar-refractivity contribution >= 4 is 12.1 Å². The molecule has 154 valence electrons. The van der Waals surface area contributed by atoms with Gasteiger partial charge < -0.3 is 25.0 Å². The van der Waals surface area contributed by atoms with E-state index in [0.717, 1.165) is 22.3 Å². The number of nitrogens with one attached hydrogen (secondary N) is 1. The summed E-state index contributed by atoms with van der Waals surface area (Å²) >= 11 is 0. The Balaban J connectivity index is 1.61. The Morgan fingerprint density at radius 1 is 1.07 bits per heavy atom. The number of hydrogen-bond donors (Lipinski definition) is 3. The maximum atomic E-state index is 12.2. The highest BCUT2D eigenvalue weighted by Gasteiger charge is 2.30. The molecule has 0 aliphatic heterocycles. The van der Waals surface area contributed by atoms with E-state index in [1.54, 1.807) is 13.8 Å². The molecule has 0 aromatic heterocycles. The van der Waals surface area contributed by atoms with Gasteiger partial charge >= 0.3 is 12.1 Å². The van der Waals surface area contributed by atoms with Gasteiger partial charge in [0.2, 0.25) is 0 Å². The molecule has 0 saturated heterocycles. The van der Waals surface area contributed by atoms with Gasteiger partial charge in [-0.1, -0.05) is 48.5 Å². The molecule has 29 heavy (non-hydrogen) atoms. The first-order valence-electron chi connectivity index (χ1n) is 9.41. The molecule has 1 unspecified atom stereocenters. The Labute approximate surface area is 169 Å². The first-order valence-corrected chi connectivity index (χ1v) is 9.41. The number of benzene rings is 2. The van der Waals surface area contributed by atoms with Crippen molar-refractivity contribution in [2.45, 2.75) is 31.4 Å². The number of alkyl carbamates (subject to hydrolysis) is 1. The van der Waals surface area contributed by atoms with Crippen molar-refractivity contribution in [3.05, 3.63) is 59.7 Å². The minimum absolute atomic E-state index is 0.0524. The van der Waals surface area contributed by atoms with E-state index in [2.05, 4.69) is 5.32 Å². The number of hydrogen-bond acceptors (Lipinski definition) is 5. The largest absolute Gasteiger partial charge is 0.480 e. The standard InChI is InChI=1S/C22H25NO6/c1-22(2,27)13-28-12-19(20(24)25)23-21(26)29-11-18-16-9-5-3-7-14(16)15-8-4-6-10-17(15)18/h3-10,18-19,27H,11-13H2,1-2H3,(H,23,26)(H,24,25). The first kappa shape index (κ1) is 20.8. The fourth-order valence-electron chi connectivity index (χ4n) is 3.38. The predicted octanol–water partition coefficient (Wildman–Crippen LogP) is 2.77. The number of carbonyl (C=O) groups is 2. The summed E-state index contributed by atoms with van der Waals surface area (Å²) in [5.74, 6) is -1.35. The molecule has 2 aromatic rings. The number of rotatable bonds is 8. The average molecular weight is 399 g/mol. The summed E-state index contributed by atoms with van der Waals surface area (Å²) in [5, 5.41) is 21.2. The summed E-state index contributed by atoms with van der Waals surface area (Å²) in [7, 11) is 0. The third-order valence-electron chi connectivity index (χ3n) is 4.67. The van der Waals surface area contributed by atoms with Crippen LogP contribution in [0.4, 0.5) is 4.79 Å². The van der Waals surface area contributed by atoms with E-state index in [0.29, 0.717) is 0 Å². The topological polar surface area (TPSA) is 105 Å². The van der Waals surface area contributed by atoms with E-state index in [9.17, 15) is 19.8 Å². The molecule has 0 spiro atoms. The van der Waals surface area contributed by atoms with Gasteiger partial charge in [0.15, 0.2) is 6.04 Å². The molecule has 0 radical (unpaired) electrons. The third kappa shape index (κ3) is 5.13. The molecule has 1 aliphatic rings. The smallest absolute Gasteiger partial charge is 0.407 e. The van der Waals surface area contributed by atoms with Crippen LogP contribution in [0.3, 0.4) is 0 Å². The molecule has 0 saturated carbocycles. The number of amides is 1. The Kier molecular flexibility index (Phi) is 6.20. The van der Waals surface area contributed by atoms with Crippen molar-refractivity contribution in [3.63, 3.8) is 0 Å². The van der Waals surface area contributed by atoms with Gasteiger partial charge in [0.1, 0.15) is 6.61 Å². The summed E-state index contributed by atoms with van der Waals surface area (Å²) in [5.41, 5.74) is 3.28. The number of fused-ring (bicyclic) bond motifs is 3. The zero-order chi connectivity index (χ0) is 21.0. The summed E-state index contributed by atoms with van der Waals surface area (Å²) in [6.07, 6.45) is -0.828. The highest BCUT2D eigenvalue weighted by Crippen LogP contribution is 2.44. The Hall–Kier alpha value is -2.90. The maximum Gasteiger partial charge on any atom is 0.407 e. The minimum atomic E-state index is -1.27. The molecule has 0 bridgehead atoms. The molecule has 7 nitrogen and oxygen atoms in total. The number of carbonyl (C=O) groups excluding carboxylic acids is 1. The van der Waals surface area contributed by atoms with Crippen molar-refractivity contribution in [3.8, 4) is 11.1 Å². The molecule has 0 fully saturated rings. The van der Waals surface area contributed by atoms with Gasteiger partial charge in [-0.2, -0.15) is 0 Å². The molecule has 7 heteroatoms. The van der Waals surface area contributed by atoms with E-state index in [1.165, 1.54) is 0 Å². The fraction of sp³-hybridized carbons (Fsp3) is 0.364. The molecular formula is C22H25NO6. The molecule has 1 atom stereocenters. The lowest BCUT2D eigenvalue weighted by Gasteiger charge is -2.20. The van der Waals surface area contributed by atoms with Gasteiger partial charge in [-0.15, -0.1) is 0 Å².